The quantitative estimate of drug-likeness (QED) is 0.0222. The summed E-state index contributed by atoms with van der Waals surface area (Å²) in [5, 5.41) is 10.6. The van der Waals surface area contributed by atoms with Gasteiger partial charge in [0, 0.05) is 25.7 Å². The summed E-state index contributed by atoms with van der Waals surface area (Å²) in [6.07, 6.45) is 65.8. The lowest BCUT2D eigenvalue weighted by atomic mass is 10.0. The van der Waals surface area contributed by atoms with Crippen molar-refractivity contribution in [3.05, 3.63) is 0 Å². The molecule has 2 unspecified atom stereocenters. The Hall–Kier alpha value is -1.94. The first-order valence-corrected chi connectivity index (χ1v) is 44.3. The molecule has 0 aromatic rings. The van der Waals surface area contributed by atoms with E-state index in [4.69, 9.17) is 37.0 Å². The van der Waals surface area contributed by atoms with E-state index in [-0.39, 0.29) is 25.7 Å². The van der Waals surface area contributed by atoms with Crippen LogP contribution >= 0.6 is 15.6 Å². The third-order valence-corrected chi connectivity index (χ3v) is 20.5. The number of unbranched alkanes of at least 4 members (excludes halogenated alkanes) is 54. The van der Waals surface area contributed by atoms with Gasteiger partial charge in [0.05, 0.1) is 26.4 Å². The molecule has 0 aliphatic rings. The zero-order valence-corrected chi connectivity index (χ0v) is 65.6. The Kier molecular flexibility index (Phi) is 71.9. The topological polar surface area (TPSA) is 237 Å². The van der Waals surface area contributed by atoms with Crippen molar-refractivity contribution in [3.8, 4) is 0 Å². The first kappa shape index (κ1) is 96.1. The third-order valence-electron chi connectivity index (χ3n) is 18.6. The van der Waals surface area contributed by atoms with Gasteiger partial charge in [0.2, 0.25) is 0 Å². The maximum atomic E-state index is 13.1. The summed E-state index contributed by atoms with van der Waals surface area (Å²) in [5.74, 6) is -2.12. The number of esters is 4. The van der Waals surface area contributed by atoms with Crippen molar-refractivity contribution in [2.45, 2.75) is 444 Å². The van der Waals surface area contributed by atoms with Crippen molar-refractivity contribution >= 4 is 39.5 Å². The number of aliphatic hydroxyl groups is 1. The van der Waals surface area contributed by atoms with Gasteiger partial charge >= 0.3 is 39.5 Å². The summed E-state index contributed by atoms with van der Waals surface area (Å²) < 4.78 is 68.4. The molecule has 0 amide bonds. The van der Waals surface area contributed by atoms with Gasteiger partial charge in [-0.2, -0.15) is 0 Å². The molecular weight excluding hydrogens is 1280 g/mol. The number of phosphoric ester groups is 2. The molecule has 582 valence electrons. The Labute approximate surface area is 600 Å². The van der Waals surface area contributed by atoms with Crippen molar-refractivity contribution in [2.24, 2.45) is 0 Å². The Morgan fingerprint density at radius 2 is 0.408 bits per heavy atom. The molecule has 0 rings (SSSR count). The van der Waals surface area contributed by atoms with E-state index in [1.807, 2.05) is 0 Å². The molecule has 0 heterocycles. The zero-order chi connectivity index (χ0) is 71.8. The highest BCUT2D eigenvalue weighted by atomic mass is 31.2. The number of carbonyl (C=O) groups is 4. The molecule has 0 aliphatic carbocycles. The highest BCUT2D eigenvalue weighted by molar-refractivity contribution is 7.47. The summed E-state index contributed by atoms with van der Waals surface area (Å²) >= 11 is 0. The van der Waals surface area contributed by atoms with Crippen LogP contribution in [0, 0.1) is 0 Å². The minimum Gasteiger partial charge on any atom is -0.462 e. The molecule has 0 saturated heterocycles. The molecule has 98 heavy (non-hydrogen) atoms. The largest absolute Gasteiger partial charge is 0.472 e. The van der Waals surface area contributed by atoms with Crippen LogP contribution in [-0.4, -0.2) is 96.7 Å². The van der Waals surface area contributed by atoms with E-state index in [0.29, 0.717) is 25.7 Å². The fourth-order valence-electron chi connectivity index (χ4n) is 12.3. The van der Waals surface area contributed by atoms with Crippen molar-refractivity contribution in [3.63, 3.8) is 0 Å². The maximum absolute atomic E-state index is 13.1. The number of rotatable bonds is 80. The molecule has 0 bridgehead atoms. The lowest BCUT2D eigenvalue weighted by Gasteiger charge is -2.21. The summed E-state index contributed by atoms with van der Waals surface area (Å²) in [6, 6.07) is 0. The lowest BCUT2D eigenvalue weighted by molar-refractivity contribution is -0.161. The highest BCUT2D eigenvalue weighted by Crippen LogP contribution is 2.45. The molecule has 17 nitrogen and oxygen atoms in total. The summed E-state index contributed by atoms with van der Waals surface area (Å²) in [5.41, 5.74) is 0. The smallest absolute Gasteiger partial charge is 0.462 e. The van der Waals surface area contributed by atoms with Crippen LogP contribution in [0.2, 0.25) is 0 Å². The lowest BCUT2D eigenvalue weighted by Crippen LogP contribution is -2.30. The van der Waals surface area contributed by atoms with E-state index in [2.05, 4.69) is 27.7 Å². The average Bonchev–Trinajstić information content (AvgIpc) is 1.01. The molecule has 0 aromatic carbocycles. The first-order valence-electron chi connectivity index (χ1n) is 41.3. The highest BCUT2D eigenvalue weighted by Gasteiger charge is 2.30. The van der Waals surface area contributed by atoms with Crippen LogP contribution in [0.3, 0.4) is 0 Å². The Balaban J connectivity index is 5.11. The number of hydrogen-bond donors (Lipinski definition) is 3. The first-order chi connectivity index (χ1) is 47.7. The predicted molar refractivity (Wildman–Crippen MR) is 400 cm³/mol. The summed E-state index contributed by atoms with van der Waals surface area (Å²) in [4.78, 5) is 72.6. The molecule has 0 fully saturated rings. The molecule has 0 spiro atoms. The van der Waals surface area contributed by atoms with Gasteiger partial charge in [0.25, 0.3) is 0 Å². The predicted octanol–water partition coefficient (Wildman–Crippen LogP) is 23.8. The van der Waals surface area contributed by atoms with Gasteiger partial charge in [-0.25, -0.2) is 9.13 Å². The van der Waals surface area contributed by atoms with Crippen molar-refractivity contribution in [1.29, 1.82) is 0 Å². The second-order valence-electron chi connectivity index (χ2n) is 28.5. The minimum absolute atomic E-state index is 0.107. The number of carbonyl (C=O) groups excluding carboxylic acids is 4. The van der Waals surface area contributed by atoms with Gasteiger partial charge in [0.1, 0.15) is 19.3 Å². The van der Waals surface area contributed by atoms with E-state index in [9.17, 15) is 43.2 Å². The Bertz CT molecular complexity index is 1860. The molecule has 0 aromatic heterocycles. The molecule has 3 N–H and O–H groups in total. The normalized spacial score (nSPS) is 13.8. The fraction of sp³-hybridized carbons (Fsp3) is 0.949. The van der Waals surface area contributed by atoms with Gasteiger partial charge in [-0.15, -0.1) is 0 Å². The summed E-state index contributed by atoms with van der Waals surface area (Å²) in [7, 11) is -9.90. The Morgan fingerprint density at radius 1 is 0.245 bits per heavy atom. The fourth-order valence-corrected chi connectivity index (χ4v) is 13.9. The second kappa shape index (κ2) is 73.4. The molecule has 0 radical (unpaired) electrons. The van der Waals surface area contributed by atoms with Crippen LogP contribution in [0.5, 0.6) is 0 Å². The van der Waals surface area contributed by atoms with Gasteiger partial charge in [-0.05, 0) is 25.7 Å². The number of aliphatic hydroxyl groups excluding tert-OH is 1. The van der Waals surface area contributed by atoms with E-state index < -0.39 is 97.5 Å². The van der Waals surface area contributed by atoms with Crippen LogP contribution in [0.4, 0.5) is 0 Å². The SMILES string of the molecule is CCCCCCCCCCCCCCCCCCCCCCC(=O)OC[C@H](COP(=O)(O)OC[C@@H](O)COP(=O)(O)OC[C@@H](COC(=O)CCCCCCC)OC(=O)CCCCCCCCCCCCCCC)OC(=O)CCCCCCCCCCCCCCCCCCCCCC. The molecule has 19 heteroatoms. The van der Waals surface area contributed by atoms with Gasteiger partial charge in [-0.1, -0.05) is 374 Å². The third kappa shape index (κ3) is 72.4. The Morgan fingerprint density at radius 3 is 0.602 bits per heavy atom. The standard InChI is InChI=1S/C79H154O17P2/c1-5-9-13-17-20-23-26-29-31-33-35-37-39-41-44-46-49-52-56-60-64-77(82)90-70-75(96-79(84)66-62-58-54-51-48-45-42-40-38-36-34-32-30-27-24-21-18-14-10-6-2)72-94-98(87,88)92-68-73(80)67-91-97(85,86)93-71-74(69-89-76(81)63-59-55-16-12-8-4)95-78(83)65-61-57-53-50-47-43-28-25-22-19-15-11-7-3/h73-75,80H,5-72H2,1-4H3,(H,85,86)(H,87,88)/t73-,74+,75+/m0/s1. The maximum Gasteiger partial charge on any atom is 0.472 e. The van der Waals surface area contributed by atoms with Crippen molar-refractivity contribution < 1.29 is 80.2 Å². The average molecular weight is 1440 g/mol. The van der Waals surface area contributed by atoms with Crippen LogP contribution in [-0.2, 0) is 65.4 Å². The van der Waals surface area contributed by atoms with Crippen molar-refractivity contribution in [2.75, 3.05) is 39.6 Å². The van der Waals surface area contributed by atoms with E-state index >= 15 is 0 Å². The van der Waals surface area contributed by atoms with Crippen LogP contribution in [0.15, 0.2) is 0 Å². The second-order valence-corrected chi connectivity index (χ2v) is 31.4. The van der Waals surface area contributed by atoms with Gasteiger partial charge in [0.15, 0.2) is 12.2 Å². The number of phosphoric acid groups is 2. The molecule has 0 saturated carbocycles. The monoisotopic (exact) mass is 1440 g/mol. The van der Waals surface area contributed by atoms with E-state index in [0.717, 1.165) is 96.3 Å². The summed E-state index contributed by atoms with van der Waals surface area (Å²) in [6.45, 7) is 4.92. The van der Waals surface area contributed by atoms with Gasteiger partial charge in [-0.3, -0.25) is 37.3 Å². The molecule has 5 atom stereocenters. The van der Waals surface area contributed by atoms with E-state index in [1.165, 1.54) is 250 Å². The van der Waals surface area contributed by atoms with Crippen LogP contribution in [0.25, 0.3) is 0 Å². The molecular formula is C79H154O17P2. The number of hydrogen-bond acceptors (Lipinski definition) is 15. The van der Waals surface area contributed by atoms with Crippen LogP contribution in [0.1, 0.15) is 426 Å². The van der Waals surface area contributed by atoms with Gasteiger partial charge < -0.3 is 33.8 Å². The van der Waals surface area contributed by atoms with Crippen LogP contribution < -0.4 is 0 Å². The number of ether oxygens (including phenoxy) is 4. The molecule has 0 aliphatic heterocycles. The van der Waals surface area contributed by atoms with E-state index in [1.54, 1.807) is 0 Å². The van der Waals surface area contributed by atoms with Crippen molar-refractivity contribution in [1.82, 2.24) is 0 Å². The minimum atomic E-state index is -4.96. The zero-order valence-electron chi connectivity index (χ0n) is 63.8.